The second-order valence-electron chi connectivity index (χ2n) is 16.9. The summed E-state index contributed by atoms with van der Waals surface area (Å²) in [6, 6.07) is 0. The number of hydrogen-bond acceptors (Lipinski definition) is 12. The van der Waals surface area contributed by atoms with E-state index in [4.69, 9.17) is 29.0 Å². The van der Waals surface area contributed by atoms with Crippen LogP contribution in [-0.2, 0) is 37.4 Å². The average molecular weight is 890 g/mol. The molecule has 1 saturated heterocycles. The fourth-order valence-corrected chi connectivity index (χ4v) is 8.21. The van der Waals surface area contributed by atoms with Crippen molar-refractivity contribution in [2.24, 2.45) is 11.7 Å². The van der Waals surface area contributed by atoms with Crippen LogP contribution in [0.3, 0.4) is 0 Å². The fraction of sp³-hybridized carbons (Fsp3) is 0.872. The first-order valence-electron chi connectivity index (χ1n) is 24.2. The Hall–Kier alpha value is -1.67. The number of unbranched alkanes of at least 4 members (excludes halogenated alkanes) is 21. The van der Waals surface area contributed by atoms with Gasteiger partial charge in [-0.2, -0.15) is 0 Å². The summed E-state index contributed by atoms with van der Waals surface area (Å²) in [7, 11) is -4.46. The summed E-state index contributed by atoms with van der Waals surface area (Å²) in [5, 5.41) is 31.0. The molecule has 61 heavy (non-hydrogen) atoms. The van der Waals surface area contributed by atoms with Gasteiger partial charge >= 0.3 is 19.8 Å². The summed E-state index contributed by atoms with van der Waals surface area (Å²) >= 11 is 0. The Balaban J connectivity index is 2.36. The largest absolute Gasteiger partial charge is 0.472 e. The molecule has 0 aromatic heterocycles. The number of aliphatic hydroxyl groups is 3. The predicted octanol–water partition coefficient (Wildman–Crippen LogP) is 10.1. The van der Waals surface area contributed by atoms with Gasteiger partial charge in [-0.25, -0.2) is 4.57 Å². The monoisotopic (exact) mass is 890 g/mol. The number of esters is 2. The minimum absolute atomic E-state index is 0.0109. The maximum atomic E-state index is 12.7. The molecule has 358 valence electrons. The van der Waals surface area contributed by atoms with Crippen LogP contribution in [-0.4, -0.2) is 89.2 Å². The molecule has 0 aliphatic carbocycles. The molecule has 0 bridgehead atoms. The molecule has 14 heteroatoms. The lowest BCUT2D eigenvalue weighted by Gasteiger charge is -2.36. The molecule has 0 spiro atoms. The summed E-state index contributed by atoms with van der Waals surface area (Å²) in [5.41, 5.74) is 5.35. The van der Waals surface area contributed by atoms with Crippen molar-refractivity contribution in [3.8, 4) is 0 Å². The van der Waals surface area contributed by atoms with Crippen molar-refractivity contribution in [1.82, 2.24) is 0 Å². The van der Waals surface area contributed by atoms with E-state index < -0.39 is 57.1 Å². The highest BCUT2D eigenvalue weighted by Crippen LogP contribution is 2.43. The van der Waals surface area contributed by atoms with E-state index in [0.29, 0.717) is 32.1 Å². The maximum Gasteiger partial charge on any atom is 0.472 e. The van der Waals surface area contributed by atoms with Crippen LogP contribution < -0.4 is 5.73 Å². The van der Waals surface area contributed by atoms with Gasteiger partial charge in [0, 0.05) is 31.7 Å². The highest BCUT2D eigenvalue weighted by atomic mass is 31.2. The van der Waals surface area contributed by atoms with Gasteiger partial charge in [0.15, 0.2) is 12.4 Å². The van der Waals surface area contributed by atoms with Gasteiger partial charge in [-0.1, -0.05) is 173 Å². The van der Waals surface area contributed by atoms with Crippen molar-refractivity contribution in [2.75, 3.05) is 26.4 Å². The zero-order chi connectivity index (χ0) is 44.8. The molecular weight excluding hydrogens is 801 g/mol. The number of phosphoric ester groups is 1. The number of aliphatic hydroxyl groups excluding tert-OH is 3. The standard InChI is InChI=1S/C47H88NO12P/c1-3-5-7-8-9-10-11-12-13-14-15-16-17-18-19-20-21-22-27-31-45(51)56-38-41(39-58-61(54,55)57-36-35-48)59-46(52)32-28-24-23-26-30-42-43(50)37-47(53)60-44(42)34-33-40(49)29-25-6-4-2/h23,26,33-34,40-44,47,49-50,53H,3-22,24-25,27-32,35-39,48H2,1-2H3,(H,54,55)/b26-23-,34-33+/t40-,41+,42-,43-,44+,47?/m0/s1. The first-order valence-corrected chi connectivity index (χ1v) is 25.7. The molecule has 0 aromatic rings. The van der Waals surface area contributed by atoms with Crippen molar-refractivity contribution in [3.63, 3.8) is 0 Å². The summed E-state index contributed by atoms with van der Waals surface area (Å²) in [6.07, 6.45) is 32.5. The van der Waals surface area contributed by atoms with Crippen molar-refractivity contribution in [3.05, 3.63) is 24.3 Å². The van der Waals surface area contributed by atoms with E-state index in [1.165, 1.54) is 96.3 Å². The zero-order valence-electron chi connectivity index (χ0n) is 38.2. The Kier molecular flexibility index (Phi) is 36.4. The normalized spacial score (nSPS) is 20.2. The quantitative estimate of drug-likeness (QED) is 0.0168. The molecule has 1 fully saturated rings. The Morgan fingerprint density at radius 3 is 1.85 bits per heavy atom. The Morgan fingerprint density at radius 1 is 0.738 bits per heavy atom. The van der Waals surface area contributed by atoms with E-state index in [9.17, 15) is 34.4 Å². The van der Waals surface area contributed by atoms with E-state index in [0.717, 1.165) is 38.5 Å². The van der Waals surface area contributed by atoms with Crippen LogP contribution in [0.25, 0.3) is 0 Å². The van der Waals surface area contributed by atoms with Crippen molar-refractivity contribution in [2.45, 2.75) is 231 Å². The van der Waals surface area contributed by atoms with Crippen LogP contribution in [0.5, 0.6) is 0 Å². The first-order chi connectivity index (χ1) is 29.5. The molecule has 1 aliphatic heterocycles. The molecule has 2 unspecified atom stereocenters. The van der Waals surface area contributed by atoms with Gasteiger partial charge in [-0.3, -0.25) is 18.6 Å². The van der Waals surface area contributed by atoms with Gasteiger partial charge in [0.05, 0.1) is 31.5 Å². The molecule has 1 aliphatic rings. The van der Waals surface area contributed by atoms with Crippen molar-refractivity contribution >= 4 is 19.8 Å². The molecule has 1 rings (SSSR count). The second kappa shape index (κ2) is 38.8. The molecule has 1 heterocycles. The topological polar surface area (TPSA) is 204 Å². The predicted molar refractivity (Wildman–Crippen MR) is 242 cm³/mol. The number of carbonyl (C=O) groups is 2. The summed E-state index contributed by atoms with van der Waals surface area (Å²) in [6.45, 7) is 3.34. The third-order valence-electron chi connectivity index (χ3n) is 11.1. The molecule has 0 amide bonds. The first kappa shape index (κ1) is 57.3. The van der Waals surface area contributed by atoms with E-state index in [1.807, 2.05) is 12.2 Å². The second-order valence-corrected chi connectivity index (χ2v) is 18.3. The van der Waals surface area contributed by atoms with E-state index >= 15 is 0 Å². The third kappa shape index (κ3) is 33.5. The third-order valence-corrected chi connectivity index (χ3v) is 12.1. The lowest BCUT2D eigenvalue weighted by molar-refractivity contribution is -0.199. The SMILES string of the molecule is CCCCCCCCCCCCCCCCCCCCCC(=O)OC[C@H](COP(=O)(O)OCCN)OC(=O)CCC/C=C\C[C@H]1[C@@H](O)CC(O)O[C@@H]1/C=C/[C@@H](O)CCCCC. The number of nitrogens with two attached hydrogens (primary N) is 1. The molecule has 0 saturated carbocycles. The molecule has 13 nitrogen and oxygen atoms in total. The molecule has 6 N–H and O–H groups in total. The van der Waals surface area contributed by atoms with Crippen LogP contribution in [0, 0.1) is 5.92 Å². The number of hydrogen-bond donors (Lipinski definition) is 5. The molecule has 0 aromatic carbocycles. The van der Waals surface area contributed by atoms with Crippen LogP contribution in [0.1, 0.15) is 200 Å². The number of rotatable bonds is 41. The van der Waals surface area contributed by atoms with Crippen molar-refractivity contribution in [1.29, 1.82) is 0 Å². The molecule has 0 radical (unpaired) electrons. The van der Waals surface area contributed by atoms with Gasteiger partial charge in [0.2, 0.25) is 0 Å². The van der Waals surface area contributed by atoms with E-state index in [-0.39, 0.29) is 44.9 Å². The Morgan fingerprint density at radius 2 is 1.28 bits per heavy atom. The van der Waals surface area contributed by atoms with Crippen LogP contribution >= 0.6 is 7.82 Å². The van der Waals surface area contributed by atoms with Gasteiger partial charge in [-0.05, 0) is 32.1 Å². The van der Waals surface area contributed by atoms with Crippen LogP contribution in [0.4, 0.5) is 0 Å². The smallest absolute Gasteiger partial charge is 0.462 e. The summed E-state index contributed by atoms with van der Waals surface area (Å²) in [5.74, 6) is -1.33. The summed E-state index contributed by atoms with van der Waals surface area (Å²) in [4.78, 5) is 35.2. The van der Waals surface area contributed by atoms with Gasteiger partial charge < -0.3 is 40.2 Å². The number of phosphoric acid groups is 1. The highest BCUT2D eigenvalue weighted by molar-refractivity contribution is 7.47. The Bertz CT molecular complexity index is 1170. The van der Waals surface area contributed by atoms with Crippen molar-refractivity contribution < 1.29 is 57.6 Å². The summed E-state index contributed by atoms with van der Waals surface area (Å²) < 4.78 is 38.5. The fourth-order valence-electron chi connectivity index (χ4n) is 7.44. The average Bonchev–Trinajstić information content (AvgIpc) is 3.23. The van der Waals surface area contributed by atoms with E-state index in [2.05, 4.69) is 13.8 Å². The van der Waals surface area contributed by atoms with Gasteiger partial charge in [0.1, 0.15) is 6.61 Å². The number of ether oxygens (including phenoxy) is 3. The zero-order valence-corrected chi connectivity index (χ0v) is 39.1. The maximum absolute atomic E-state index is 12.7. The Labute approximate surface area is 369 Å². The van der Waals surface area contributed by atoms with Crippen LogP contribution in [0.15, 0.2) is 24.3 Å². The highest BCUT2D eigenvalue weighted by Gasteiger charge is 2.35. The molecule has 7 atom stereocenters. The molecular formula is C47H88NO12P. The minimum Gasteiger partial charge on any atom is -0.462 e. The minimum atomic E-state index is -4.46. The number of allylic oxidation sites excluding steroid dienone is 2. The van der Waals surface area contributed by atoms with E-state index in [1.54, 1.807) is 12.2 Å². The van der Waals surface area contributed by atoms with Crippen LogP contribution in [0.2, 0.25) is 0 Å². The van der Waals surface area contributed by atoms with Gasteiger partial charge in [-0.15, -0.1) is 0 Å². The lowest BCUT2D eigenvalue weighted by atomic mass is 9.87. The lowest BCUT2D eigenvalue weighted by Crippen LogP contribution is -2.43. The van der Waals surface area contributed by atoms with Gasteiger partial charge in [0.25, 0.3) is 0 Å². The number of carbonyl (C=O) groups excluding carboxylic acids is 2.